The molecule has 1 N–H and O–H groups in total. The summed E-state index contributed by atoms with van der Waals surface area (Å²) < 4.78 is 5.65. The van der Waals surface area contributed by atoms with Gasteiger partial charge in [-0.1, -0.05) is 18.2 Å². The second-order valence-electron chi connectivity index (χ2n) is 5.99. The maximum Gasteiger partial charge on any atom is 0.0708 e. The zero-order chi connectivity index (χ0) is 14.5. The highest BCUT2D eigenvalue weighted by atomic mass is 16.5. The van der Waals surface area contributed by atoms with Crippen LogP contribution in [-0.2, 0) is 11.3 Å². The molecule has 1 aromatic heterocycles. The molecule has 21 heavy (non-hydrogen) atoms. The van der Waals surface area contributed by atoms with Gasteiger partial charge in [0.2, 0.25) is 0 Å². The molecule has 3 nitrogen and oxygen atoms in total. The van der Waals surface area contributed by atoms with E-state index in [0.29, 0.717) is 0 Å². The fraction of sp³-hybridized carbons (Fsp3) is 0.500. The third kappa shape index (κ3) is 4.26. The molecule has 1 aromatic carbocycles. The average Bonchev–Trinajstić information content (AvgIpc) is 3.30. The van der Waals surface area contributed by atoms with E-state index in [1.165, 1.54) is 23.8 Å². The number of hydrogen-bond donors (Lipinski definition) is 1. The van der Waals surface area contributed by atoms with Gasteiger partial charge < -0.3 is 10.1 Å². The van der Waals surface area contributed by atoms with E-state index < -0.39 is 0 Å². The van der Waals surface area contributed by atoms with E-state index in [1.54, 1.807) is 0 Å². The molecule has 0 aliphatic heterocycles. The minimum absolute atomic E-state index is 0.865. The lowest BCUT2D eigenvalue weighted by Gasteiger charge is -2.09. The Hall–Kier alpha value is -1.45. The van der Waals surface area contributed by atoms with Crippen LogP contribution in [0.2, 0.25) is 0 Å². The fourth-order valence-corrected chi connectivity index (χ4v) is 2.60. The van der Waals surface area contributed by atoms with E-state index in [2.05, 4.69) is 41.5 Å². The number of fused-ring (bicyclic) bond motifs is 1. The first-order chi connectivity index (χ1) is 10.3. The van der Waals surface area contributed by atoms with Crippen LogP contribution in [0.15, 0.2) is 30.3 Å². The third-order valence-corrected chi connectivity index (χ3v) is 3.94. The van der Waals surface area contributed by atoms with Crippen LogP contribution in [0.4, 0.5) is 0 Å². The molecule has 2 aromatic rings. The molecular weight excluding hydrogens is 260 g/mol. The molecule has 3 rings (SSSR count). The number of aromatic nitrogens is 1. The van der Waals surface area contributed by atoms with Crippen LogP contribution in [0.1, 0.15) is 30.5 Å². The van der Waals surface area contributed by atoms with Crippen LogP contribution in [-0.4, -0.2) is 24.7 Å². The summed E-state index contributed by atoms with van der Waals surface area (Å²) in [6.07, 6.45) is 3.81. The predicted octanol–water partition coefficient (Wildman–Crippen LogP) is 3.45. The molecule has 3 heteroatoms. The maximum atomic E-state index is 5.65. The topological polar surface area (TPSA) is 34.1 Å². The molecule has 0 spiro atoms. The van der Waals surface area contributed by atoms with Crippen LogP contribution < -0.4 is 5.32 Å². The standard InChI is InChI=1S/C18H24N2O/c1-14-11-16(17-5-2-3-6-18(17)20-14)12-19-9-4-10-21-13-15-7-8-15/h2-3,5-6,11,15,19H,4,7-10,12-13H2,1H3. The lowest BCUT2D eigenvalue weighted by atomic mass is 10.1. The molecular formula is C18H24N2O. The summed E-state index contributed by atoms with van der Waals surface area (Å²) in [6.45, 7) is 5.79. The number of pyridine rings is 1. The van der Waals surface area contributed by atoms with Crippen LogP contribution in [0.25, 0.3) is 10.9 Å². The second-order valence-corrected chi connectivity index (χ2v) is 5.99. The number of nitrogens with zero attached hydrogens (tertiary/aromatic N) is 1. The van der Waals surface area contributed by atoms with Crippen molar-refractivity contribution in [3.8, 4) is 0 Å². The van der Waals surface area contributed by atoms with Crippen molar-refractivity contribution in [3.63, 3.8) is 0 Å². The molecule has 1 fully saturated rings. The van der Waals surface area contributed by atoms with Crippen LogP contribution >= 0.6 is 0 Å². The number of ether oxygens (including phenoxy) is 1. The molecule has 0 unspecified atom stereocenters. The monoisotopic (exact) mass is 284 g/mol. The molecule has 0 saturated heterocycles. The summed E-state index contributed by atoms with van der Waals surface area (Å²) in [5.74, 6) is 0.865. The number of nitrogens with one attached hydrogen (secondary N) is 1. The number of benzene rings is 1. The van der Waals surface area contributed by atoms with Crippen molar-refractivity contribution in [2.45, 2.75) is 32.7 Å². The fourth-order valence-electron chi connectivity index (χ4n) is 2.60. The van der Waals surface area contributed by atoms with E-state index in [4.69, 9.17) is 4.74 Å². The number of aryl methyl sites for hydroxylation is 1. The zero-order valence-electron chi connectivity index (χ0n) is 12.8. The van der Waals surface area contributed by atoms with Gasteiger partial charge in [-0.25, -0.2) is 0 Å². The molecule has 0 amide bonds. The van der Waals surface area contributed by atoms with Gasteiger partial charge in [0.25, 0.3) is 0 Å². The average molecular weight is 284 g/mol. The Kier molecular flexibility index (Phi) is 4.84. The molecule has 1 heterocycles. The Balaban J connectivity index is 1.46. The SMILES string of the molecule is Cc1cc(CNCCCOCC2CC2)c2ccccc2n1. The van der Waals surface area contributed by atoms with Gasteiger partial charge in [0.1, 0.15) is 0 Å². The smallest absolute Gasteiger partial charge is 0.0708 e. The van der Waals surface area contributed by atoms with Gasteiger partial charge in [0.05, 0.1) is 5.52 Å². The number of rotatable bonds is 8. The summed E-state index contributed by atoms with van der Waals surface area (Å²) in [4.78, 5) is 4.58. The predicted molar refractivity (Wildman–Crippen MR) is 86.3 cm³/mol. The lowest BCUT2D eigenvalue weighted by molar-refractivity contribution is 0.122. The first-order valence-corrected chi connectivity index (χ1v) is 7.96. The van der Waals surface area contributed by atoms with Crippen molar-refractivity contribution < 1.29 is 4.74 Å². The van der Waals surface area contributed by atoms with Crippen molar-refractivity contribution in [1.82, 2.24) is 10.3 Å². The Morgan fingerprint density at radius 1 is 1.29 bits per heavy atom. The molecule has 0 bridgehead atoms. The minimum atomic E-state index is 0.865. The van der Waals surface area contributed by atoms with Crippen LogP contribution in [0.3, 0.4) is 0 Å². The van der Waals surface area contributed by atoms with Crippen molar-refractivity contribution >= 4 is 10.9 Å². The molecule has 1 aliphatic carbocycles. The maximum absolute atomic E-state index is 5.65. The molecule has 1 aliphatic rings. The first kappa shape index (κ1) is 14.5. The van der Waals surface area contributed by atoms with E-state index in [0.717, 1.165) is 49.9 Å². The van der Waals surface area contributed by atoms with Gasteiger partial charge in [-0.3, -0.25) is 4.98 Å². The molecule has 1 saturated carbocycles. The largest absolute Gasteiger partial charge is 0.381 e. The van der Waals surface area contributed by atoms with E-state index in [-0.39, 0.29) is 0 Å². The van der Waals surface area contributed by atoms with Crippen molar-refractivity contribution in [3.05, 3.63) is 41.6 Å². The normalized spacial score (nSPS) is 14.7. The molecule has 0 atom stereocenters. The van der Waals surface area contributed by atoms with Gasteiger partial charge in [-0.05, 0) is 56.3 Å². The van der Waals surface area contributed by atoms with Crippen molar-refractivity contribution in [2.75, 3.05) is 19.8 Å². The van der Waals surface area contributed by atoms with Crippen molar-refractivity contribution in [2.24, 2.45) is 5.92 Å². The Morgan fingerprint density at radius 2 is 2.14 bits per heavy atom. The molecule has 0 radical (unpaired) electrons. The highest BCUT2D eigenvalue weighted by Crippen LogP contribution is 2.28. The van der Waals surface area contributed by atoms with E-state index in [9.17, 15) is 0 Å². The summed E-state index contributed by atoms with van der Waals surface area (Å²) in [7, 11) is 0. The zero-order valence-corrected chi connectivity index (χ0v) is 12.8. The Morgan fingerprint density at radius 3 is 3.00 bits per heavy atom. The van der Waals surface area contributed by atoms with Gasteiger partial charge >= 0.3 is 0 Å². The Labute approximate surface area is 126 Å². The highest BCUT2D eigenvalue weighted by Gasteiger charge is 2.20. The van der Waals surface area contributed by atoms with Crippen molar-refractivity contribution in [1.29, 1.82) is 0 Å². The summed E-state index contributed by atoms with van der Waals surface area (Å²) in [5, 5.41) is 4.77. The quantitative estimate of drug-likeness (QED) is 0.754. The van der Waals surface area contributed by atoms with Crippen LogP contribution in [0, 0.1) is 12.8 Å². The summed E-state index contributed by atoms with van der Waals surface area (Å²) in [5.41, 5.74) is 3.50. The Bertz CT molecular complexity index is 593. The highest BCUT2D eigenvalue weighted by molar-refractivity contribution is 5.82. The summed E-state index contributed by atoms with van der Waals surface area (Å²) >= 11 is 0. The van der Waals surface area contributed by atoms with Gasteiger partial charge in [0.15, 0.2) is 0 Å². The van der Waals surface area contributed by atoms with Crippen LogP contribution in [0.5, 0.6) is 0 Å². The number of hydrogen-bond acceptors (Lipinski definition) is 3. The summed E-state index contributed by atoms with van der Waals surface area (Å²) in [6, 6.07) is 10.5. The second kappa shape index (κ2) is 7.01. The lowest BCUT2D eigenvalue weighted by Crippen LogP contribution is -2.17. The number of para-hydroxylation sites is 1. The van der Waals surface area contributed by atoms with Gasteiger partial charge in [-0.15, -0.1) is 0 Å². The molecule has 112 valence electrons. The minimum Gasteiger partial charge on any atom is -0.381 e. The van der Waals surface area contributed by atoms with Gasteiger partial charge in [-0.2, -0.15) is 0 Å². The van der Waals surface area contributed by atoms with E-state index in [1.807, 2.05) is 6.07 Å². The first-order valence-electron chi connectivity index (χ1n) is 7.96. The van der Waals surface area contributed by atoms with E-state index >= 15 is 0 Å². The van der Waals surface area contributed by atoms with Gasteiger partial charge in [0, 0.05) is 30.8 Å². The third-order valence-electron chi connectivity index (χ3n) is 3.94.